The van der Waals surface area contributed by atoms with E-state index in [0.717, 1.165) is 29.3 Å². The fourth-order valence-electron chi connectivity index (χ4n) is 3.15. The summed E-state index contributed by atoms with van der Waals surface area (Å²) in [6.45, 7) is 5.86. The number of hydrogen-bond acceptors (Lipinski definition) is 5. The second-order valence-electron chi connectivity index (χ2n) is 6.67. The Morgan fingerprint density at radius 1 is 1.24 bits per heavy atom. The van der Waals surface area contributed by atoms with Gasteiger partial charge < -0.3 is 5.32 Å². The van der Waals surface area contributed by atoms with Gasteiger partial charge in [0, 0.05) is 11.7 Å². The molecular weight excluding hydrogens is 334 g/mol. The molecule has 25 heavy (non-hydrogen) atoms. The molecule has 1 N–H and O–H groups in total. The molecule has 2 aromatic heterocycles. The molecule has 1 atom stereocenters. The monoisotopic (exact) mass is 359 g/mol. The maximum atomic E-state index is 12.4. The lowest BCUT2D eigenvalue weighted by molar-refractivity contribution is -0.121. The van der Waals surface area contributed by atoms with Gasteiger partial charge in [0.25, 0.3) is 0 Å². The van der Waals surface area contributed by atoms with Crippen LogP contribution in [-0.2, 0) is 4.79 Å². The lowest BCUT2D eigenvalue weighted by Gasteiger charge is -2.24. The van der Waals surface area contributed by atoms with Crippen LogP contribution in [0.5, 0.6) is 0 Å². The molecule has 0 spiro atoms. The van der Waals surface area contributed by atoms with Gasteiger partial charge in [-0.25, -0.2) is 4.68 Å². The van der Waals surface area contributed by atoms with E-state index in [1.54, 1.807) is 4.68 Å². The van der Waals surface area contributed by atoms with Crippen LogP contribution in [0.15, 0.2) is 23.2 Å². The number of amides is 1. The average molecular weight is 359 g/mol. The highest BCUT2D eigenvalue weighted by Crippen LogP contribution is 2.23. The summed E-state index contributed by atoms with van der Waals surface area (Å²) in [5.74, 6) is 0.774. The lowest BCUT2D eigenvalue weighted by atomic mass is 9.95. The van der Waals surface area contributed by atoms with E-state index >= 15 is 0 Å². The van der Waals surface area contributed by atoms with Crippen molar-refractivity contribution in [3.63, 3.8) is 0 Å². The molecule has 3 rings (SSSR count). The summed E-state index contributed by atoms with van der Waals surface area (Å²) >= 11 is 1.44. The van der Waals surface area contributed by atoms with E-state index < -0.39 is 0 Å². The summed E-state index contributed by atoms with van der Waals surface area (Å²) < 4.78 is 1.77. The van der Waals surface area contributed by atoms with E-state index in [9.17, 15) is 4.79 Å². The first-order chi connectivity index (χ1) is 12.0. The van der Waals surface area contributed by atoms with Gasteiger partial charge in [0.1, 0.15) is 5.03 Å². The molecule has 0 aliphatic heterocycles. The van der Waals surface area contributed by atoms with E-state index in [2.05, 4.69) is 20.6 Å². The number of nitrogens with one attached hydrogen (secondary N) is 1. The van der Waals surface area contributed by atoms with Crippen molar-refractivity contribution in [1.82, 2.24) is 25.3 Å². The third-order valence-corrected chi connectivity index (χ3v) is 5.50. The van der Waals surface area contributed by atoms with Crippen LogP contribution < -0.4 is 5.32 Å². The van der Waals surface area contributed by atoms with Crippen molar-refractivity contribution >= 4 is 17.7 Å². The van der Waals surface area contributed by atoms with Gasteiger partial charge in [0.2, 0.25) is 5.91 Å². The minimum absolute atomic E-state index is 0.0846. The molecule has 1 aliphatic carbocycles. The van der Waals surface area contributed by atoms with E-state index in [1.165, 1.54) is 31.0 Å². The van der Waals surface area contributed by atoms with E-state index in [4.69, 9.17) is 0 Å². The van der Waals surface area contributed by atoms with E-state index in [0.29, 0.717) is 11.9 Å². The van der Waals surface area contributed by atoms with Gasteiger partial charge in [-0.05, 0) is 51.8 Å². The van der Waals surface area contributed by atoms with Gasteiger partial charge in [-0.3, -0.25) is 4.79 Å². The van der Waals surface area contributed by atoms with Gasteiger partial charge in [-0.2, -0.15) is 5.10 Å². The summed E-state index contributed by atoms with van der Waals surface area (Å²) in [5, 5.41) is 16.6. The SMILES string of the molecule is Cc1cc(C)n(-c2ccc(S[C@@H](C)C(=O)NC3CCCCC3)nn2)n1. The molecule has 0 saturated heterocycles. The molecule has 7 heteroatoms. The van der Waals surface area contributed by atoms with Crippen molar-refractivity contribution in [2.75, 3.05) is 0 Å². The first-order valence-corrected chi connectivity index (χ1v) is 9.75. The van der Waals surface area contributed by atoms with Crippen LogP contribution in [0.25, 0.3) is 5.82 Å². The molecule has 1 amide bonds. The largest absolute Gasteiger partial charge is 0.352 e. The van der Waals surface area contributed by atoms with Gasteiger partial charge in [0.15, 0.2) is 5.82 Å². The zero-order valence-electron chi connectivity index (χ0n) is 15.0. The summed E-state index contributed by atoms with van der Waals surface area (Å²) in [7, 11) is 0. The Morgan fingerprint density at radius 2 is 2.00 bits per heavy atom. The van der Waals surface area contributed by atoms with Gasteiger partial charge in [-0.15, -0.1) is 10.2 Å². The molecule has 6 nitrogen and oxygen atoms in total. The summed E-state index contributed by atoms with van der Waals surface area (Å²) in [5.41, 5.74) is 1.97. The number of hydrogen-bond donors (Lipinski definition) is 1. The molecular formula is C18H25N5OS. The Bertz CT molecular complexity index is 722. The highest BCUT2D eigenvalue weighted by atomic mass is 32.2. The Morgan fingerprint density at radius 3 is 2.60 bits per heavy atom. The maximum Gasteiger partial charge on any atom is 0.233 e. The van der Waals surface area contributed by atoms with Crippen molar-refractivity contribution in [2.24, 2.45) is 0 Å². The minimum atomic E-state index is -0.184. The molecule has 134 valence electrons. The summed E-state index contributed by atoms with van der Waals surface area (Å²) in [6.07, 6.45) is 5.91. The zero-order valence-corrected chi connectivity index (χ0v) is 15.8. The predicted octanol–water partition coefficient (Wildman–Crippen LogP) is 3.21. The number of nitrogens with zero attached hydrogens (tertiary/aromatic N) is 4. The first kappa shape index (κ1) is 17.9. The van der Waals surface area contributed by atoms with Crippen molar-refractivity contribution in [2.45, 2.75) is 69.2 Å². The quantitative estimate of drug-likeness (QED) is 0.830. The van der Waals surface area contributed by atoms with E-state index in [1.807, 2.05) is 39.0 Å². The zero-order chi connectivity index (χ0) is 17.8. The van der Waals surface area contributed by atoms with Crippen LogP contribution in [0.1, 0.15) is 50.4 Å². The Hall–Kier alpha value is -1.89. The standard InChI is InChI=1S/C18H25N5OS/c1-12-11-13(2)23(22-12)16-9-10-17(21-20-16)25-14(3)18(24)19-15-7-5-4-6-8-15/h9-11,14-15H,4-8H2,1-3H3,(H,19,24)/t14-/m0/s1. The number of thioether (sulfide) groups is 1. The highest BCUT2D eigenvalue weighted by Gasteiger charge is 2.21. The smallest absolute Gasteiger partial charge is 0.233 e. The van der Waals surface area contributed by atoms with Crippen molar-refractivity contribution in [3.05, 3.63) is 29.6 Å². The summed E-state index contributed by atoms with van der Waals surface area (Å²) in [4.78, 5) is 12.4. The molecule has 0 bridgehead atoms. The van der Waals surface area contributed by atoms with Crippen LogP contribution >= 0.6 is 11.8 Å². The number of aryl methyl sites for hydroxylation is 2. The topological polar surface area (TPSA) is 72.7 Å². The van der Waals surface area contributed by atoms with E-state index in [-0.39, 0.29) is 11.2 Å². The molecule has 1 fully saturated rings. The van der Waals surface area contributed by atoms with Crippen LogP contribution in [0, 0.1) is 13.8 Å². The normalized spacial score (nSPS) is 16.6. The fourth-order valence-corrected chi connectivity index (χ4v) is 3.92. The molecule has 2 heterocycles. The Labute approximate surface area is 152 Å². The molecule has 0 radical (unpaired) electrons. The molecule has 1 aliphatic rings. The first-order valence-electron chi connectivity index (χ1n) is 8.87. The third kappa shape index (κ3) is 4.60. The van der Waals surface area contributed by atoms with Crippen molar-refractivity contribution < 1.29 is 4.79 Å². The molecule has 1 saturated carbocycles. The number of aromatic nitrogens is 4. The second-order valence-corrected chi connectivity index (χ2v) is 8.03. The predicted molar refractivity (Wildman–Crippen MR) is 99.0 cm³/mol. The number of carbonyl (C=O) groups is 1. The van der Waals surface area contributed by atoms with Gasteiger partial charge in [-0.1, -0.05) is 31.0 Å². The number of carbonyl (C=O) groups excluding carboxylic acids is 1. The van der Waals surface area contributed by atoms with Crippen molar-refractivity contribution in [1.29, 1.82) is 0 Å². The Balaban J connectivity index is 1.58. The maximum absolute atomic E-state index is 12.4. The van der Waals surface area contributed by atoms with Crippen LogP contribution in [-0.4, -0.2) is 37.2 Å². The minimum Gasteiger partial charge on any atom is -0.352 e. The van der Waals surface area contributed by atoms with Gasteiger partial charge >= 0.3 is 0 Å². The Kier molecular flexibility index (Phi) is 5.73. The number of rotatable bonds is 5. The second kappa shape index (κ2) is 7.99. The average Bonchev–Trinajstić information content (AvgIpc) is 2.95. The molecule has 0 unspecified atom stereocenters. The third-order valence-electron chi connectivity index (χ3n) is 4.47. The molecule has 0 aromatic carbocycles. The van der Waals surface area contributed by atoms with Crippen LogP contribution in [0.3, 0.4) is 0 Å². The van der Waals surface area contributed by atoms with Gasteiger partial charge in [0.05, 0.1) is 10.9 Å². The van der Waals surface area contributed by atoms with Crippen LogP contribution in [0.2, 0.25) is 0 Å². The highest BCUT2D eigenvalue weighted by molar-refractivity contribution is 8.00. The summed E-state index contributed by atoms with van der Waals surface area (Å²) in [6, 6.07) is 6.12. The van der Waals surface area contributed by atoms with Crippen LogP contribution in [0.4, 0.5) is 0 Å². The lowest BCUT2D eigenvalue weighted by Crippen LogP contribution is -2.40. The van der Waals surface area contributed by atoms with Crippen molar-refractivity contribution in [3.8, 4) is 5.82 Å². The fraction of sp³-hybridized carbons (Fsp3) is 0.556. The molecule has 2 aromatic rings.